The Bertz CT molecular complexity index is 486. The van der Waals surface area contributed by atoms with E-state index in [4.69, 9.17) is 11.1 Å². The van der Waals surface area contributed by atoms with Crippen LogP contribution in [0.5, 0.6) is 0 Å². The number of hydrogen-bond acceptors (Lipinski definition) is 2. The van der Waals surface area contributed by atoms with Gasteiger partial charge >= 0.3 is 0 Å². The molecule has 4 nitrogen and oxygen atoms in total. The van der Waals surface area contributed by atoms with Gasteiger partial charge in [-0.15, -0.1) is 0 Å². The van der Waals surface area contributed by atoms with Crippen LogP contribution >= 0.6 is 0 Å². The molecule has 0 aliphatic rings. The largest absolute Gasteiger partial charge is 0.382 e. The summed E-state index contributed by atoms with van der Waals surface area (Å²) in [5.74, 6) is -0.374. The number of hydrogen-bond donors (Lipinski definition) is 2. The molecule has 0 fully saturated rings. The lowest BCUT2D eigenvalue weighted by atomic mass is 10.3. The van der Waals surface area contributed by atoms with Gasteiger partial charge in [-0.3, -0.25) is 5.41 Å². The molecular weight excluding hydrogens is 195 g/mol. The fraction of sp³-hybridized carbons (Fsp3) is 0. The van der Waals surface area contributed by atoms with Crippen LogP contribution in [-0.2, 0) is 0 Å². The molecule has 1 aromatic heterocycles. The summed E-state index contributed by atoms with van der Waals surface area (Å²) in [4.78, 5) is 3.93. The molecule has 2 aromatic rings. The van der Waals surface area contributed by atoms with Crippen LogP contribution in [0.25, 0.3) is 5.69 Å². The summed E-state index contributed by atoms with van der Waals surface area (Å²) in [5, 5.41) is 7.19. The van der Waals surface area contributed by atoms with Gasteiger partial charge in [-0.25, -0.2) is 9.37 Å². The van der Waals surface area contributed by atoms with E-state index in [1.54, 1.807) is 22.9 Å². The quantitative estimate of drug-likeness (QED) is 0.571. The minimum absolute atomic E-state index is 0.0872. The van der Waals surface area contributed by atoms with Crippen LogP contribution in [0.3, 0.4) is 0 Å². The predicted octanol–water partition coefficient (Wildman–Crippen LogP) is 1.30. The number of nitrogens with zero attached hydrogens (tertiary/aromatic N) is 2. The summed E-state index contributed by atoms with van der Waals surface area (Å²) < 4.78 is 14.3. The smallest absolute Gasteiger partial charge is 0.143 e. The topological polar surface area (TPSA) is 67.7 Å². The number of rotatable bonds is 2. The van der Waals surface area contributed by atoms with Crippen molar-refractivity contribution in [2.24, 2.45) is 5.73 Å². The number of imidazole rings is 1. The zero-order valence-corrected chi connectivity index (χ0v) is 7.81. The molecule has 0 unspecified atom stereocenters. The molecule has 76 valence electrons. The molecule has 2 rings (SSSR count). The molecule has 1 heterocycles. The first-order chi connectivity index (χ1) is 7.16. The predicted molar refractivity (Wildman–Crippen MR) is 54.5 cm³/mol. The monoisotopic (exact) mass is 204 g/mol. The summed E-state index contributed by atoms with van der Waals surface area (Å²) in [6.45, 7) is 0. The second kappa shape index (κ2) is 3.53. The zero-order valence-electron chi connectivity index (χ0n) is 7.81. The molecule has 0 aliphatic carbocycles. The maximum absolute atomic E-state index is 12.7. The molecule has 0 amide bonds. The van der Waals surface area contributed by atoms with Gasteiger partial charge in [0.25, 0.3) is 0 Å². The number of amidine groups is 1. The Morgan fingerprint density at radius 1 is 1.33 bits per heavy atom. The third-order valence-electron chi connectivity index (χ3n) is 1.98. The highest BCUT2D eigenvalue weighted by atomic mass is 19.1. The average Bonchev–Trinajstić information content (AvgIpc) is 2.68. The first-order valence-corrected chi connectivity index (χ1v) is 4.31. The molecule has 0 saturated heterocycles. The normalized spacial score (nSPS) is 10.2. The number of aromatic nitrogens is 2. The molecule has 0 aliphatic heterocycles. The first kappa shape index (κ1) is 9.39. The standard InChI is InChI=1S/C10H9FN4/c11-7-1-3-8(4-2-7)15-5-9(10(12)13)14-6-15/h1-6H,(H3,12,13). The van der Waals surface area contributed by atoms with Gasteiger partial charge < -0.3 is 10.3 Å². The van der Waals surface area contributed by atoms with Crippen molar-refractivity contribution in [3.8, 4) is 5.69 Å². The van der Waals surface area contributed by atoms with E-state index < -0.39 is 0 Å². The molecule has 3 N–H and O–H groups in total. The summed E-state index contributed by atoms with van der Waals surface area (Å²) in [6.07, 6.45) is 3.15. The second-order valence-corrected chi connectivity index (χ2v) is 3.06. The highest BCUT2D eigenvalue weighted by molar-refractivity contribution is 5.92. The van der Waals surface area contributed by atoms with Gasteiger partial charge in [-0.1, -0.05) is 0 Å². The van der Waals surface area contributed by atoms with Crippen LogP contribution in [0.1, 0.15) is 5.69 Å². The Morgan fingerprint density at radius 3 is 2.53 bits per heavy atom. The fourth-order valence-electron chi connectivity index (χ4n) is 1.22. The lowest BCUT2D eigenvalue weighted by Crippen LogP contribution is -2.11. The molecule has 0 spiro atoms. The Kier molecular flexibility index (Phi) is 2.21. The van der Waals surface area contributed by atoms with E-state index in [2.05, 4.69) is 4.98 Å². The van der Waals surface area contributed by atoms with Gasteiger partial charge in [0.05, 0.1) is 0 Å². The lowest BCUT2D eigenvalue weighted by molar-refractivity contribution is 0.627. The summed E-state index contributed by atoms with van der Waals surface area (Å²) in [5.41, 5.74) is 6.45. The van der Waals surface area contributed by atoms with Crippen LogP contribution < -0.4 is 5.73 Å². The molecule has 1 aromatic carbocycles. The highest BCUT2D eigenvalue weighted by Gasteiger charge is 2.02. The van der Waals surface area contributed by atoms with E-state index in [0.717, 1.165) is 5.69 Å². The van der Waals surface area contributed by atoms with Crippen molar-refractivity contribution < 1.29 is 4.39 Å². The van der Waals surface area contributed by atoms with Crippen molar-refractivity contribution in [1.82, 2.24) is 9.55 Å². The first-order valence-electron chi connectivity index (χ1n) is 4.31. The molecule has 0 saturated carbocycles. The maximum Gasteiger partial charge on any atom is 0.143 e. The van der Waals surface area contributed by atoms with Gasteiger partial charge in [0.15, 0.2) is 0 Å². The van der Waals surface area contributed by atoms with Crippen molar-refractivity contribution in [3.05, 3.63) is 48.3 Å². The van der Waals surface area contributed by atoms with Crippen LogP contribution in [0, 0.1) is 11.2 Å². The van der Waals surface area contributed by atoms with E-state index in [1.807, 2.05) is 0 Å². The molecule has 5 heteroatoms. The summed E-state index contributed by atoms with van der Waals surface area (Å²) in [6, 6.07) is 5.98. The van der Waals surface area contributed by atoms with Gasteiger partial charge in [-0.2, -0.15) is 0 Å². The van der Waals surface area contributed by atoms with Gasteiger partial charge in [0.1, 0.15) is 23.7 Å². The van der Waals surface area contributed by atoms with Crippen molar-refractivity contribution in [2.45, 2.75) is 0 Å². The number of nitrogens with two attached hydrogens (primary N) is 1. The molecule has 0 radical (unpaired) electrons. The van der Waals surface area contributed by atoms with Crippen molar-refractivity contribution >= 4 is 5.84 Å². The van der Waals surface area contributed by atoms with E-state index in [9.17, 15) is 4.39 Å². The third-order valence-corrected chi connectivity index (χ3v) is 1.98. The zero-order chi connectivity index (χ0) is 10.8. The van der Waals surface area contributed by atoms with Gasteiger partial charge in [0, 0.05) is 11.9 Å². The minimum Gasteiger partial charge on any atom is -0.382 e. The lowest BCUT2D eigenvalue weighted by Gasteiger charge is -2.00. The fourth-order valence-corrected chi connectivity index (χ4v) is 1.22. The van der Waals surface area contributed by atoms with E-state index in [0.29, 0.717) is 5.69 Å². The SMILES string of the molecule is N=C(N)c1cn(-c2ccc(F)cc2)cn1. The second-order valence-electron chi connectivity index (χ2n) is 3.06. The molecule has 0 bridgehead atoms. The van der Waals surface area contributed by atoms with Crippen LogP contribution in [0.15, 0.2) is 36.8 Å². The molecule has 15 heavy (non-hydrogen) atoms. The number of benzene rings is 1. The van der Waals surface area contributed by atoms with Crippen molar-refractivity contribution in [1.29, 1.82) is 5.41 Å². The number of nitrogen functional groups attached to an aromatic ring is 1. The number of nitrogens with one attached hydrogen (secondary N) is 1. The Morgan fingerprint density at radius 2 is 2.00 bits per heavy atom. The van der Waals surface area contributed by atoms with Crippen LogP contribution in [-0.4, -0.2) is 15.4 Å². The van der Waals surface area contributed by atoms with Gasteiger partial charge in [0.2, 0.25) is 0 Å². The maximum atomic E-state index is 12.7. The molecule has 0 atom stereocenters. The highest BCUT2D eigenvalue weighted by Crippen LogP contribution is 2.09. The van der Waals surface area contributed by atoms with Crippen LogP contribution in [0.4, 0.5) is 4.39 Å². The minimum atomic E-state index is -0.286. The Hall–Kier alpha value is -2.17. The van der Waals surface area contributed by atoms with Crippen LogP contribution in [0.2, 0.25) is 0 Å². The van der Waals surface area contributed by atoms with Gasteiger partial charge in [-0.05, 0) is 24.3 Å². The van der Waals surface area contributed by atoms with Crippen molar-refractivity contribution in [3.63, 3.8) is 0 Å². The molecular formula is C10H9FN4. The Balaban J connectivity index is 2.37. The average molecular weight is 204 g/mol. The number of halogens is 1. The van der Waals surface area contributed by atoms with E-state index in [-0.39, 0.29) is 11.7 Å². The van der Waals surface area contributed by atoms with E-state index in [1.165, 1.54) is 18.5 Å². The Labute approximate surface area is 85.7 Å². The third kappa shape index (κ3) is 1.85. The summed E-state index contributed by atoms with van der Waals surface area (Å²) in [7, 11) is 0. The van der Waals surface area contributed by atoms with Crippen molar-refractivity contribution in [2.75, 3.05) is 0 Å². The van der Waals surface area contributed by atoms with E-state index >= 15 is 0 Å². The summed E-state index contributed by atoms with van der Waals surface area (Å²) >= 11 is 0.